The van der Waals surface area contributed by atoms with Gasteiger partial charge in [0.05, 0.1) is 16.8 Å². The van der Waals surface area contributed by atoms with Gasteiger partial charge in [0.2, 0.25) is 5.91 Å². The maximum absolute atomic E-state index is 13.3. The van der Waals surface area contributed by atoms with Crippen LogP contribution in [-0.2, 0) is 0 Å². The van der Waals surface area contributed by atoms with E-state index in [4.69, 9.17) is 0 Å². The van der Waals surface area contributed by atoms with Crippen molar-refractivity contribution >= 4 is 33.7 Å². The van der Waals surface area contributed by atoms with Crippen LogP contribution in [0.5, 0.6) is 0 Å². The van der Waals surface area contributed by atoms with Crippen LogP contribution >= 0.6 is 11.3 Å². The number of thiophene rings is 1. The first-order chi connectivity index (χ1) is 10.8. The molecule has 0 aliphatic carbocycles. The zero-order chi connectivity index (χ0) is 16.8. The zero-order valence-electron chi connectivity index (χ0n) is 12.1. The molecule has 1 aromatic carbocycles. The van der Waals surface area contributed by atoms with Crippen molar-refractivity contribution in [1.82, 2.24) is 4.57 Å². The molecule has 0 aliphatic heterocycles. The summed E-state index contributed by atoms with van der Waals surface area (Å²) >= 11 is 1.33. The van der Waals surface area contributed by atoms with Crippen LogP contribution in [0.15, 0.2) is 48.4 Å². The second-order valence-corrected chi connectivity index (χ2v) is 6.00. The van der Waals surface area contributed by atoms with Gasteiger partial charge in [0, 0.05) is 22.8 Å². The number of alkyl halides is 3. The number of aromatic nitrogens is 1. The number of hydrogen-bond donors (Lipinski definition) is 0. The normalized spacial score (nSPS) is 11.8. The highest BCUT2D eigenvalue weighted by molar-refractivity contribution is 7.13. The second kappa shape index (κ2) is 5.38. The van der Waals surface area contributed by atoms with Crippen LogP contribution in [0.4, 0.5) is 13.2 Å². The van der Waals surface area contributed by atoms with Gasteiger partial charge in [-0.05, 0) is 17.5 Å². The minimum absolute atomic E-state index is 0.186. The van der Waals surface area contributed by atoms with E-state index in [-0.39, 0.29) is 5.69 Å². The molecule has 0 aliphatic rings. The highest BCUT2D eigenvalue weighted by Gasteiger charge is 2.38. The van der Waals surface area contributed by atoms with Crippen molar-refractivity contribution in [1.29, 1.82) is 0 Å². The standard InChI is InChI=1S/C17H12F3NOS/c1-10(17(18,19)20)16-15(14-8-5-9-23-14)12-6-3-4-7-13(12)21(16)11(2)22/h3-9H,1H2,2H3. The monoisotopic (exact) mass is 335 g/mol. The Kier molecular flexibility index (Phi) is 3.64. The summed E-state index contributed by atoms with van der Waals surface area (Å²) < 4.78 is 41.0. The van der Waals surface area contributed by atoms with Gasteiger partial charge in [-0.1, -0.05) is 30.8 Å². The van der Waals surface area contributed by atoms with Crippen LogP contribution in [0.1, 0.15) is 17.4 Å². The molecule has 0 N–H and O–H groups in total. The van der Waals surface area contributed by atoms with Gasteiger partial charge in [0.25, 0.3) is 0 Å². The molecular weight excluding hydrogens is 323 g/mol. The Morgan fingerprint density at radius 3 is 2.43 bits per heavy atom. The fourth-order valence-corrected chi connectivity index (χ4v) is 3.44. The summed E-state index contributed by atoms with van der Waals surface area (Å²) in [4.78, 5) is 12.7. The third kappa shape index (κ3) is 2.49. The summed E-state index contributed by atoms with van der Waals surface area (Å²) in [5, 5.41) is 2.39. The molecule has 0 fully saturated rings. The number of hydrogen-bond acceptors (Lipinski definition) is 2. The summed E-state index contributed by atoms with van der Waals surface area (Å²) in [7, 11) is 0. The molecule has 0 saturated carbocycles. The Hall–Kier alpha value is -2.34. The molecule has 2 nitrogen and oxygen atoms in total. The lowest BCUT2D eigenvalue weighted by Crippen LogP contribution is -2.17. The molecule has 0 atom stereocenters. The first-order valence-electron chi connectivity index (χ1n) is 6.77. The lowest BCUT2D eigenvalue weighted by molar-refractivity contribution is -0.0689. The minimum Gasteiger partial charge on any atom is -0.279 e. The van der Waals surface area contributed by atoms with E-state index in [1.807, 2.05) is 0 Å². The predicted molar refractivity (Wildman–Crippen MR) is 86.6 cm³/mol. The van der Waals surface area contributed by atoms with Gasteiger partial charge in [0.15, 0.2) is 0 Å². The Balaban J connectivity index is 2.49. The molecule has 3 rings (SSSR count). The Morgan fingerprint density at radius 1 is 1.17 bits per heavy atom. The summed E-state index contributed by atoms with van der Waals surface area (Å²) in [6.45, 7) is 4.46. The molecular formula is C17H12F3NOS. The molecule has 0 saturated heterocycles. The van der Waals surface area contributed by atoms with Crippen LogP contribution in [-0.4, -0.2) is 16.7 Å². The fourth-order valence-electron chi connectivity index (χ4n) is 2.66. The molecule has 3 aromatic rings. The van der Waals surface area contributed by atoms with Gasteiger partial charge in [-0.15, -0.1) is 11.3 Å². The van der Waals surface area contributed by atoms with Crippen molar-refractivity contribution in [3.63, 3.8) is 0 Å². The topological polar surface area (TPSA) is 22.0 Å². The van der Waals surface area contributed by atoms with Crippen LogP contribution in [0.2, 0.25) is 0 Å². The van der Waals surface area contributed by atoms with E-state index in [2.05, 4.69) is 6.58 Å². The number of allylic oxidation sites excluding steroid dienone is 1. The Morgan fingerprint density at radius 2 is 1.87 bits per heavy atom. The second-order valence-electron chi connectivity index (χ2n) is 5.05. The van der Waals surface area contributed by atoms with Crippen molar-refractivity contribution < 1.29 is 18.0 Å². The maximum Gasteiger partial charge on any atom is 0.417 e. The van der Waals surface area contributed by atoms with Gasteiger partial charge < -0.3 is 0 Å². The molecule has 0 amide bonds. The summed E-state index contributed by atoms with van der Waals surface area (Å²) in [6, 6.07) is 10.3. The third-order valence-corrected chi connectivity index (χ3v) is 4.47. The van der Waals surface area contributed by atoms with Crippen LogP contribution in [0, 0.1) is 0 Å². The van der Waals surface area contributed by atoms with E-state index in [0.717, 1.165) is 4.57 Å². The molecule has 0 unspecified atom stereocenters. The summed E-state index contributed by atoms with van der Waals surface area (Å²) in [5.74, 6) is -0.482. The highest BCUT2D eigenvalue weighted by atomic mass is 32.1. The Bertz CT molecular complexity index is 904. The van der Waals surface area contributed by atoms with Crippen molar-refractivity contribution in [2.24, 2.45) is 0 Å². The first-order valence-corrected chi connectivity index (χ1v) is 7.65. The average molecular weight is 335 g/mol. The van der Waals surface area contributed by atoms with Gasteiger partial charge >= 0.3 is 6.18 Å². The molecule has 118 valence electrons. The number of para-hydroxylation sites is 1. The molecule has 0 radical (unpaired) electrons. The summed E-state index contributed by atoms with van der Waals surface area (Å²) in [6.07, 6.45) is -4.62. The third-order valence-electron chi connectivity index (χ3n) is 3.59. The largest absolute Gasteiger partial charge is 0.417 e. The van der Waals surface area contributed by atoms with Crippen LogP contribution in [0.3, 0.4) is 0 Å². The van der Waals surface area contributed by atoms with E-state index >= 15 is 0 Å². The van der Waals surface area contributed by atoms with Crippen LogP contribution < -0.4 is 0 Å². The minimum atomic E-state index is -4.62. The lowest BCUT2D eigenvalue weighted by Gasteiger charge is -2.14. The fraction of sp³-hybridized carbons (Fsp3) is 0.118. The number of carbonyl (C=O) groups excluding carboxylic acids is 1. The van der Waals surface area contributed by atoms with Crippen LogP contribution in [0.25, 0.3) is 26.9 Å². The van der Waals surface area contributed by atoms with E-state index in [1.54, 1.807) is 41.8 Å². The summed E-state index contributed by atoms with van der Waals surface area (Å²) in [5.41, 5.74) is -0.363. The van der Waals surface area contributed by atoms with Gasteiger partial charge in [-0.3, -0.25) is 9.36 Å². The number of fused-ring (bicyclic) bond motifs is 1. The molecule has 6 heteroatoms. The van der Waals surface area contributed by atoms with Gasteiger partial charge in [0.1, 0.15) is 0 Å². The van der Waals surface area contributed by atoms with Crippen molar-refractivity contribution in [3.05, 3.63) is 54.1 Å². The number of nitrogens with zero attached hydrogens (tertiary/aromatic N) is 1. The molecule has 2 heterocycles. The smallest absolute Gasteiger partial charge is 0.279 e. The average Bonchev–Trinajstić information content (AvgIpc) is 3.09. The van der Waals surface area contributed by atoms with Crippen molar-refractivity contribution in [3.8, 4) is 10.4 Å². The zero-order valence-corrected chi connectivity index (χ0v) is 13.0. The maximum atomic E-state index is 13.3. The lowest BCUT2D eigenvalue weighted by atomic mass is 10.0. The van der Waals surface area contributed by atoms with Gasteiger partial charge in [-0.2, -0.15) is 13.2 Å². The number of benzene rings is 1. The van der Waals surface area contributed by atoms with E-state index in [0.29, 0.717) is 21.3 Å². The number of carbonyl (C=O) groups is 1. The number of halogens is 3. The van der Waals surface area contributed by atoms with E-state index in [9.17, 15) is 18.0 Å². The van der Waals surface area contributed by atoms with Crippen molar-refractivity contribution in [2.75, 3.05) is 0 Å². The molecule has 23 heavy (non-hydrogen) atoms. The Labute approximate surface area is 134 Å². The first kappa shape index (κ1) is 15.6. The quantitative estimate of drug-likeness (QED) is 0.597. The van der Waals surface area contributed by atoms with Crippen molar-refractivity contribution in [2.45, 2.75) is 13.1 Å². The molecule has 0 bridgehead atoms. The van der Waals surface area contributed by atoms with Gasteiger partial charge in [-0.25, -0.2) is 0 Å². The SMILES string of the molecule is C=C(c1c(-c2cccs2)c2ccccc2n1C(C)=O)C(F)(F)F. The number of rotatable bonds is 2. The highest BCUT2D eigenvalue weighted by Crippen LogP contribution is 2.44. The molecule has 0 spiro atoms. The molecule has 2 aromatic heterocycles. The van der Waals surface area contributed by atoms with E-state index in [1.165, 1.54) is 18.3 Å². The van der Waals surface area contributed by atoms with E-state index < -0.39 is 17.7 Å². The predicted octanol–water partition coefficient (Wildman–Crippen LogP) is 5.61.